The van der Waals surface area contributed by atoms with Crippen LogP contribution in [0.5, 0.6) is 0 Å². The normalized spacial score (nSPS) is 11.0. The molecule has 0 aliphatic carbocycles. The van der Waals surface area contributed by atoms with Crippen LogP contribution < -0.4 is 10.0 Å². The Balaban J connectivity index is 1.11. The molecule has 3 aromatic carbocycles. The molecule has 0 fully saturated rings. The van der Waals surface area contributed by atoms with Gasteiger partial charge in [0.1, 0.15) is 0 Å². The van der Waals surface area contributed by atoms with Crippen LogP contribution in [0.15, 0.2) is 83.8 Å². The van der Waals surface area contributed by atoms with Gasteiger partial charge < -0.3 is 5.32 Å². The zero-order valence-electron chi connectivity index (χ0n) is 25.1. The van der Waals surface area contributed by atoms with Crippen molar-refractivity contribution in [3.05, 3.63) is 95.0 Å². The van der Waals surface area contributed by atoms with Crippen molar-refractivity contribution < 1.29 is 13.2 Å². The Morgan fingerprint density at radius 2 is 1.19 bits per heavy atom. The average Bonchev–Trinajstić information content (AvgIpc) is 3.02. The summed E-state index contributed by atoms with van der Waals surface area (Å²) in [5, 5.41) is 4.13. The molecule has 5 nitrogen and oxygen atoms in total. The number of benzene rings is 3. The van der Waals surface area contributed by atoms with Crippen LogP contribution in [-0.2, 0) is 10.0 Å². The van der Waals surface area contributed by atoms with Gasteiger partial charge >= 0.3 is 0 Å². The Morgan fingerprint density at radius 3 is 1.77 bits per heavy atom. The monoisotopic (exact) mass is 620 g/mol. The van der Waals surface area contributed by atoms with E-state index in [-0.39, 0.29) is 4.90 Å². The molecule has 1 amide bonds. The first-order valence-corrected chi connectivity index (χ1v) is 17.5. The molecule has 7 heteroatoms. The van der Waals surface area contributed by atoms with Gasteiger partial charge in [-0.1, -0.05) is 112 Å². The Hall–Kier alpha value is -3.27. The maximum atomic E-state index is 12.4. The van der Waals surface area contributed by atoms with E-state index < -0.39 is 15.9 Å². The van der Waals surface area contributed by atoms with Crippen molar-refractivity contribution in [3.8, 4) is 11.8 Å². The minimum atomic E-state index is -3.89. The topological polar surface area (TPSA) is 75.3 Å². The molecule has 0 aliphatic heterocycles. The zero-order valence-corrected chi connectivity index (χ0v) is 26.7. The number of nitrogens with one attached hydrogen (secondary N) is 2. The molecule has 0 unspecified atom stereocenters. The molecule has 0 aliphatic rings. The van der Waals surface area contributed by atoms with Crippen molar-refractivity contribution in [2.45, 2.75) is 94.8 Å². The van der Waals surface area contributed by atoms with Crippen LogP contribution >= 0.6 is 11.6 Å². The molecular weight excluding hydrogens is 576 g/mol. The summed E-state index contributed by atoms with van der Waals surface area (Å²) in [7, 11) is -3.89. The SMILES string of the molecule is O=C(NS(=O)(=O)c1ccccc1)c1ccc(NCCCCCCCCCCCCCCCC#Cc2ccc(Cl)cc2)cc1. The molecule has 0 saturated heterocycles. The van der Waals surface area contributed by atoms with Gasteiger partial charge in [-0.3, -0.25) is 4.79 Å². The first-order chi connectivity index (χ1) is 20.9. The Morgan fingerprint density at radius 1 is 0.651 bits per heavy atom. The predicted molar refractivity (Wildman–Crippen MR) is 179 cm³/mol. The maximum Gasteiger partial charge on any atom is 0.264 e. The number of amides is 1. The summed E-state index contributed by atoms with van der Waals surface area (Å²) in [4.78, 5) is 12.5. The van der Waals surface area contributed by atoms with E-state index in [0.717, 1.165) is 35.7 Å². The van der Waals surface area contributed by atoms with Crippen LogP contribution in [0, 0.1) is 11.8 Å². The van der Waals surface area contributed by atoms with Crippen molar-refractivity contribution >= 4 is 33.2 Å². The number of sulfonamides is 1. The fourth-order valence-corrected chi connectivity index (χ4v) is 5.91. The lowest BCUT2D eigenvalue weighted by Crippen LogP contribution is -2.30. The minimum absolute atomic E-state index is 0.0630. The molecule has 3 rings (SSSR count). The van der Waals surface area contributed by atoms with Gasteiger partial charge in [0.15, 0.2) is 0 Å². The van der Waals surface area contributed by atoms with E-state index in [0.29, 0.717) is 5.56 Å². The van der Waals surface area contributed by atoms with Gasteiger partial charge in [0.05, 0.1) is 4.90 Å². The van der Waals surface area contributed by atoms with Gasteiger partial charge in [0.2, 0.25) is 0 Å². The number of rotatable bonds is 19. The van der Waals surface area contributed by atoms with Crippen molar-refractivity contribution in [2.24, 2.45) is 0 Å². The molecule has 0 saturated carbocycles. The second kappa shape index (κ2) is 19.8. The number of anilines is 1. The third-order valence-electron chi connectivity index (χ3n) is 7.31. The largest absolute Gasteiger partial charge is 0.385 e. The molecule has 0 radical (unpaired) electrons. The second-order valence-corrected chi connectivity index (χ2v) is 13.0. The number of hydrogen-bond acceptors (Lipinski definition) is 4. The maximum absolute atomic E-state index is 12.4. The standard InChI is InChI=1S/C36H45ClN2O3S/c37-33-26-22-31(23-27-33)19-15-12-10-8-6-4-2-1-3-5-7-9-11-13-18-30-38-34-28-24-32(25-29-34)36(40)39-43(41,42)35-20-16-14-17-21-35/h14,16-17,20-29,38H,1-13,18,30H2,(H,39,40). The highest BCUT2D eigenvalue weighted by atomic mass is 35.5. The van der Waals surface area contributed by atoms with Crippen LogP contribution in [0.1, 0.15) is 106 Å². The Kier molecular flexibility index (Phi) is 15.8. The molecular formula is C36H45ClN2O3S. The van der Waals surface area contributed by atoms with Gasteiger partial charge in [-0.15, -0.1) is 0 Å². The smallest absolute Gasteiger partial charge is 0.264 e. The van der Waals surface area contributed by atoms with E-state index in [4.69, 9.17) is 11.6 Å². The highest BCUT2D eigenvalue weighted by molar-refractivity contribution is 7.90. The Labute approximate surface area is 263 Å². The van der Waals surface area contributed by atoms with Crippen LogP contribution in [0.25, 0.3) is 0 Å². The van der Waals surface area contributed by atoms with Crippen LogP contribution in [-0.4, -0.2) is 20.9 Å². The third-order valence-corrected chi connectivity index (χ3v) is 8.91. The van der Waals surface area contributed by atoms with Gasteiger partial charge in [-0.2, -0.15) is 0 Å². The fraction of sp³-hybridized carbons (Fsp3) is 0.417. The summed E-state index contributed by atoms with van der Waals surface area (Å²) in [6.45, 7) is 0.878. The summed E-state index contributed by atoms with van der Waals surface area (Å²) < 4.78 is 26.8. The fourth-order valence-electron chi connectivity index (χ4n) is 4.79. The molecule has 0 bridgehead atoms. The van der Waals surface area contributed by atoms with E-state index in [1.54, 1.807) is 30.3 Å². The van der Waals surface area contributed by atoms with Crippen LogP contribution in [0.4, 0.5) is 5.69 Å². The second-order valence-electron chi connectivity index (χ2n) is 10.9. The molecule has 0 atom stereocenters. The molecule has 0 spiro atoms. The highest BCUT2D eigenvalue weighted by Crippen LogP contribution is 2.15. The summed E-state index contributed by atoms with van der Waals surface area (Å²) in [5.74, 6) is 5.83. The van der Waals surface area contributed by atoms with Crippen LogP contribution in [0.2, 0.25) is 5.02 Å². The predicted octanol–water partition coefficient (Wildman–Crippen LogP) is 9.38. The summed E-state index contributed by atoms with van der Waals surface area (Å²) in [5.41, 5.74) is 2.26. The highest BCUT2D eigenvalue weighted by Gasteiger charge is 2.18. The van der Waals surface area contributed by atoms with Crippen molar-refractivity contribution in [3.63, 3.8) is 0 Å². The first-order valence-electron chi connectivity index (χ1n) is 15.6. The molecule has 3 aromatic rings. The summed E-state index contributed by atoms with van der Waals surface area (Å²) >= 11 is 5.90. The van der Waals surface area contributed by atoms with Crippen molar-refractivity contribution in [1.82, 2.24) is 4.72 Å². The van der Waals surface area contributed by atoms with Gasteiger partial charge in [-0.05, 0) is 73.5 Å². The third kappa shape index (κ3) is 14.2. The van der Waals surface area contributed by atoms with E-state index in [1.807, 2.05) is 36.4 Å². The molecule has 2 N–H and O–H groups in total. The number of carbonyl (C=O) groups is 1. The van der Waals surface area contributed by atoms with Gasteiger partial charge in [0, 0.05) is 34.8 Å². The van der Waals surface area contributed by atoms with E-state index >= 15 is 0 Å². The van der Waals surface area contributed by atoms with Crippen molar-refractivity contribution in [1.29, 1.82) is 0 Å². The summed E-state index contributed by atoms with van der Waals surface area (Å²) in [6.07, 6.45) is 17.7. The minimum Gasteiger partial charge on any atom is -0.385 e. The lowest BCUT2D eigenvalue weighted by Gasteiger charge is -2.09. The van der Waals surface area contributed by atoms with Crippen molar-refractivity contribution in [2.75, 3.05) is 11.9 Å². The number of carbonyl (C=O) groups excluding carboxylic acids is 1. The molecule has 230 valence electrons. The summed E-state index contributed by atoms with van der Waals surface area (Å²) in [6, 6.07) is 22.5. The zero-order chi connectivity index (χ0) is 30.6. The quantitative estimate of drug-likeness (QED) is 0.103. The van der Waals surface area contributed by atoms with E-state index in [2.05, 4.69) is 21.9 Å². The average molecular weight is 621 g/mol. The van der Waals surface area contributed by atoms with E-state index in [9.17, 15) is 13.2 Å². The number of hydrogen-bond donors (Lipinski definition) is 2. The molecule has 43 heavy (non-hydrogen) atoms. The molecule has 0 heterocycles. The number of unbranched alkanes of at least 4 members (excludes halogenated alkanes) is 13. The lowest BCUT2D eigenvalue weighted by atomic mass is 10.0. The van der Waals surface area contributed by atoms with Gasteiger partial charge in [-0.25, -0.2) is 13.1 Å². The Bertz CT molecular complexity index is 1380. The number of halogens is 1. The molecule has 0 aromatic heterocycles. The van der Waals surface area contributed by atoms with Crippen LogP contribution in [0.3, 0.4) is 0 Å². The van der Waals surface area contributed by atoms with Gasteiger partial charge in [0.25, 0.3) is 15.9 Å². The first kappa shape index (κ1) is 34.2. The van der Waals surface area contributed by atoms with E-state index in [1.165, 1.54) is 89.2 Å². The lowest BCUT2D eigenvalue weighted by molar-refractivity contribution is 0.0981.